The third kappa shape index (κ3) is 2.10. The van der Waals surface area contributed by atoms with Gasteiger partial charge in [0.2, 0.25) is 5.91 Å². The highest BCUT2D eigenvalue weighted by Crippen LogP contribution is 2.44. The zero-order valence-corrected chi connectivity index (χ0v) is 10.8. The van der Waals surface area contributed by atoms with Crippen LogP contribution in [0.4, 0.5) is 0 Å². The van der Waals surface area contributed by atoms with E-state index in [0.29, 0.717) is 5.91 Å². The Bertz CT molecular complexity index is 271. The van der Waals surface area contributed by atoms with Gasteiger partial charge in [0.05, 0.1) is 6.04 Å². The zero-order chi connectivity index (χ0) is 11.8. The van der Waals surface area contributed by atoms with E-state index in [4.69, 9.17) is 0 Å². The van der Waals surface area contributed by atoms with Crippen molar-refractivity contribution in [2.45, 2.75) is 58.0 Å². The lowest BCUT2D eigenvalue weighted by Crippen LogP contribution is -2.49. The summed E-state index contributed by atoms with van der Waals surface area (Å²) in [7, 11) is 0. The number of carbonyl (C=O) groups is 1. The first-order valence-electron chi connectivity index (χ1n) is 6.62. The summed E-state index contributed by atoms with van der Waals surface area (Å²) < 4.78 is 0. The normalized spacial score (nSPS) is 26.6. The number of hydrogen-bond acceptors (Lipinski definition) is 2. The molecule has 1 aliphatic heterocycles. The maximum Gasteiger partial charge on any atom is 0.240 e. The summed E-state index contributed by atoms with van der Waals surface area (Å²) in [4.78, 5) is 14.4. The first kappa shape index (κ1) is 11.9. The van der Waals surface area contributed by atoms with Gasteiger partial charge in [-0.3, -0.25) is 4.79 Å². The largest absolute Gasteiger partial charge is 0.336 e. The summed E-state index contributed by atoms with van der Waals surface area (Å²) in [5.74, 6) is 1.06. The summed E-state index contributed by atoms with van der Waals surface area (Å²) in [6.45, 7) is 8.48. The molecule has 2 fully saturated rings. The van der Waals surface area contributed by atoms with Gasteiger partial charge in [0, 0.05) is 12.1 Å². The lowest BCUT2D eigenvalue weighted by atomic mass is 9.96. The Kier molecular flexibility index (Phi) is 3.24. The van der Waals surface area contributed by atoms with E-state index in [1.165, 1.54) is 12.8 Å². The maximum absolute atomic E-state index is 12.3. The van der Waals surface area contributed by atoms with Crippen molar-refractivity contribution in [2.24, 2.45) is 5.92 Å². The van der Waals surface area contributed by atoms with Crippen LogP contribution in [-0.2, 0) is 4.79 Å². The molecule has 2 aliphatic rings. The molecule has 1 amide bonds. The highest BCUT2D eigenvalue weighted by Gasteiger charge is 2.47. The van der Waals surface area contributed by atoms with Crippen molar-refractivity contribution in [3.05, 3.63) is 0 Å². The molecule has 0 bridgehead atoms. The zero-order valence-electron chi connectivity index (χ0n) is 10.8. The van der Waals surface area contributed by atoms with Crippen LogP contribution in [0.25, 0.3) is 0 Å². The topological polar surface area (TPSA) is 32.3 Å². The van der Waals surface area contributed by atoms with E-state index >= 15 is 0 Å². The van der Waals surface area contributed by atoms with E-state index in [1.54, 1.807) is 0 Å². The first-order chi connectivity index (χ1) is 7.57. The van der Waals surface area contributed by atoms with E-state index in [-0.39, 0.29) is 11.6 Å². The molecular formula is C13H24N2O. The Morgan fingerprint density at radius 3 is 2.62 bits per heavy atom. The number of amides is 1. The molecule has 1 unspecified atom stereocenters. The molecule has 1 heterocycles. The third-order valence-electron chi connectivity index (χ3n) is 4.12. The molecule has 3 heteroatoms. The summed E-state index contributed by atoms with van der Waals surface area (Å²) in [5.41, 5.74) is 0.0831. The van der Waals surface area contributed by atoms with Gasteiger partial charge in [-0.1, -0.05) is 6.92 Å². The molecule has 1 saturated carbocycles. The Labute approximate surface area is 98.6 Å². The smallest absolute Gasteiger partial charge is 0.240 e. The minimum absolute atomic E-state index is 0.0815. The summed E-state index contributed by atoms with van der Waals surface area (Å²) >= 11 is 0. The highest BCUT2D eigenvalue weighted by molar-refractivity contribution is 5.84. The Balaban J connectivity index is 1.95. The second-order valence-electron chi connectivity index (χ2n) is 5.71. The SMILES string of the molecule is CCCNC1CCN(C(C)(C)C2CC2)C1=O. The molecule has 0 aromatic carbocycles. The van der Waals surface area contributed by atoms with Crippen molar-refractivity contribution >= 4 is 5.91 Å². The van der Waals surface area contributed by atoms with Crippen LogP contribution in [0, 0.1) is 5.92 Å². The number of nitrogens with zero attached hydrogens (tertiary/aromatic N) is 1. The lowest BCUT2D eigenvalue weighted by molar-refractivity contribution is -0.134. The van der Waals surface area contributed by atoms with Crippen LogP contribution in [0.15, 0.2) is 0 Å². The molecular weight excluding hydrogens is 200 g/mol. The molecule has 3 nitrogen and oxygen atoms in total. The van der Waals surface area contributed by atoms with Gasteiger partial charge >= 0.3 is 0 Å². The van der Waals surface area contributed by atoms with E-state index in [2.05, 4.69) is 31.0 Å². The van der Waals surface area contributed by atoms with Crippen LogP contribution < -0.4 is 5.32 Å². The van der Waals surface area contributed by atoms with Gasteiger partial charge in [-0.05, 0) is 52.0 Å². The van der Waals surface area contributed by atoms with E-state index < -0.39 is 0 Å². The summed E-state index contributed by atoms with van der Waals surface area (Å²) in [5, 5.41) is 3.35. The van der Waals surface area contributed by atoms with E-state index in [0.717, 1.165) is 31.8 Å². The summed E-state index contributed by atoms with van der Waals surface area (Å²) in [6, 6.07) is 0.0815. The number of carbonyl (C=O) groups excluding carboxylic acids is 1. The van der Waals surface area contributed by atoms with Gasteiger partial charge in [0.1, 0.15) is 0 Å². The van der Waals surface area contributed by atoms with Crippen LogP contribution in [0.2, 0.25) is 0 Å². The molecule has 1 N–H and O–H groups in total. The van der Waals surface area contributed by atoms with Crippen molar-refractivity contribution in [1.82, 2.24) is 10.2 Å². The molecule has 0 aromatic rings. The molecule has 0 radical (unpaired) electrons. The van der Waals surface area contributed by atoms with Gasteiger partial charge in [0.15, 0.2) is 0 Å². The van der Waals surface area contributed by atoms with Crippen LogP contribution in [-0.4, -0.2) is 35.5 Å². The molecule has 16 heavy (non-hydrogen) atoms. The highest BCUT2D eigenvalue weighted by atomic mass is 16.2. The molecule has 92 valence electrons. The molecule has 0 spiro atoms. The number of likely N-dealkylation sites (tertiary alicyclic amines) is 1. The quantitative estimate of drug-likeness (QED) is 0.772. The number of nitrogens with one attached hydrogen (secondary N) is 1. The molecule has 1 aliphatic carbocycles. The predicted molar refractivity (Wildman–Crippen MR) is 65.2 cm³/mol. The Morgan fingerprint density at radius 2 is 2.06 bits per heavy atom. The summed E-state index contributed by atoms with van der Waals surface area (Å²) in [6.07, 6.45) is 4.67. The first-order valence-corrected chi connectivity index (χ1v) is 6.62. The average Bonchev–Trinajstić information content (AvgIpc) is 3.01. The second-order valence-corrected chi connectivity index (χ2v) is 5.71. The van der Waals surface area contributed by atoms with Crippen molar-refractivity contribution < 1.29 is 4.79 Å². The number of rotatable bonds is 5. The van der Waals surface area contributed by atoms with Crippen LogP contribution >= 0.6 is 0 Å². The molecule has 0 aromatic heterocycles. The van der Waals surface area contributed by atoms with Crippen LogP contribution in [0.1, 0.15) is 46.5 Å². The fraction of sp³-hybridized carbons (Fsp3) is 0.923. The standard InChI is InChI=1S/C13H24N2O/c1-4-8-14-11-7-9-15(12(11)16)13(2,3)10-5-6-10/h10-11,14H,4-9H2,1-3H3. The average molecular weight is 224 g/mol. The maximum atomic E-state index is 12.3. The molecule has 1 saturated heterocycles. The van der Waals surface area contributed by atoms with E-state index in [9.17, 15) is 4.79 Å². The van der Waals surface area contributed by atoms with Crippen LogP contribution in [0.5, 0.6) is 0 Å². The Morgan fingerprint density at radius 1 is 1.38 bits per heavy atom. The monoisotopic (exact) mass is 224 g/mol. The van der Waals surface area contributed by atoms with Gasteiger partial charge in [0.25, 0.3) is 0 Å². The van der Waals surface area contributed by atoms with Crippen molar-refractivity contribution in [3.63, 3.8) is 0 Å². The minimum Gasteiger partial charge on any atom is -0.336 e. The molecule has 1 atom stereocenters. The number of hydrogen-bond donors (Lipinski definition) is 1. The van der Waals surface area contributed by atoms with Crippen molar-refractivity contribution in [1.29, 1.82) is 0 Å². The van der Waals surface area contributed by atoms with Gasteiger partial charge in [-0.2, -0.15) is 0 Å². The third-order valence-corrected chi connectivity index (χ3v) is 4.12. The second kappa shape index (κ2) is 4.36. The van der Waals surface area contributed by atoms with Gasteiger partial charge in [-0.25, -0.2) is 0 Å². The van der Waals surface area contributed by atoms with Crippen molar-refractivity contribution in [3.8, 4) is 0 Å². The Hall–Kier alpha value is -0.570. The van der Waals surface area contributed by atoms with Gasteiger partial charge < -0.3 is 10.2 Å². The fourth-order valence-corrected chi connectivity index (χ4v) is 2.77. The predicted octanol–water partition coefficient (Wildman–Crippen LogP) is 1.78. The van der Waals surface area contributed by atoms with Crippen molar-refractivity contribution in [2.75, 3.05) is 13.1 Å². The lowest BCUT2D eigenvalue weighted by Gasteiger charge is -2.36. The minimum atomic E-state index is 0.0815. The fourth-order valence-electron chi connectivity index (χ4n) is 2.77. The van der Waals surface area contributed by atoms with Crippen LogP contribution in [0.3, 0.4) is 0 Å². The molecule has 2 rings (SSSR count). The van der Waals surface area contributed by atoms with Gasteiger partial charge in [-0.15, -0.1) is 0 Å². The van der Waals surface area contributed by atoms with E-state index in [1.807, 2.05) is 0 Å².